The molecule has 0 spiro atoms. The van der Waals surface area contributed by atoms with Crippen LogP contribution in [-0.2, 0) is 4.79 Å². The van der Waals surface area contributed by atoms with Crippen LogP contribution in [0.25, 0.3) is 0 Å². The van der Waals surface area contributed by atoms with Crippen molar-refractivity contribution in [3.63, 3.8) is 0 Å². The van der Waals surface area contributed by atoms with Gasteiger partial charge in [0.1, 0.15) is 5.82 Å². The van der Waals surface area contributed by atoms with Gasteiger partial charge in [-0.25, -0.2) is 8.78 Å². The molecule has 1 atom stereocenters. The number of benzene rings is 1. The maximum Gasteiger partial charge on any atom is 0.305 e. The van der Waals surface area contributed by atoms with E-state index < -0.39 is 23.6 Å². The summed E-state index contributed by atoms with van der Waals surface area (Å²) >= 11 is 0. The van der Waals surface area contributed by atoms with Gasteiger partial charge in [0.15, 0.2) is 11.6 Å². The number of carbonyl (C=O) groups is 1. The molecule has 0 heterocycles. The standard InChI is InChI=1S/C12H15F2NO3/c1-7(4-12(16)17)15(2)10-5-9(14)11(18-3)6-8(10)13/h5-7H,4H2,1-3H3,(H,16,17). The van der Waals surface area contributed by atoms with Crippen LogP contribution in [0.2, 0.25) is 0 Å². The number of anilines is 1. The number of carboxylic acid groups (broad SMARTS) is 1. The summed E-state index contributed by atoms with van der Waals surface area (Å²) in [5, 5.41) is 8.67. The van der Waals surface area contributed by atoms with E-state index in [-0.39, 0.29) is 17.9 Å². The van der Waals surface area contributed by atoms with Gasteiger partial charge in [-0.05, 0) is 6.92 Å². The van der Waals surface area contributed by atoms with Gasteiger partial charge in [-0.3, -0.25) is 4.79 Å². The van der Waals surface area contributed by atoms with Gasteiger partial charge in [-0.2, -0.15) is 0 Å². The normalized spacial score (nSPS) is 12.1. The Bertz CT molecular complexity index is 451. The summed E-state index contributed by atoms with van der Waals surface area (Å²) in [4.78, 5) is 12.0. The second kappa shape index (κ2) is 5.66. The quantitative estimate of drug-likeness (QED) is 0.881. The number of hydrogen-bond donors (Lipinski definition) is 1. The Morgan fingerprint density at radius 2 is 2.06 bits per heavy atom. The van der Waals surface area contributed by atoms with E-state index in [1.54, 1.807) is 6.92 Å². The van der Waals surface area contributed by atoms with Crippen LogP contribution in [0.4, 0.5) is 14.5 Å². The topological polar surface area (TPSA) is 49.8 Å². The average molecular weight is 259 g/mol. The molecular weight excluding hydrogens is 244 g/mol. The summed E-state index contributed by atoms with van der Waals surface area (Å²) in [5.74, 6) is -2.53. The van der Waals surface area contributed by atoms with E-state index in [1.165, 1.54) is 19.1 Å². The molecule has 1 aromatic carbocycles. The molecule has 0 bridgehead atoms. The third-order valence-electron chi connectivity index (χ3n) is 2.73. The maximum absolute atomic E-state index is 13.7. The molecule has 6 heteroatoms. The second-order valence-electron chi connectivity index (χ2n) is 4.00. The fourth-order valence-electron chi connectivity index (χ4n) is 1.57. The molecule has 100 valence electrons. The lowest BCUT2D eigenvalue weighted by atomic mass is 10.1. The first-order chi connectivity index (χ1) is 8.36. The number of nitrogens with zero attached hydrogens (tertiary/aromatic N) is 1. The summed E-state index contributed by atoms with van der Waals surface area (Å²) < 4.78 is 31.9. The molecule has 0 amide bonds. The molecule has 1 rings (SSSR count). The third-order valence-corrected chi connectivity index (χ3v) is 2.73. The third kappa shape index (κ3) is 3.09. The fourth-order valence-corrected chi connectivity index (χ4v) is 1.57. The van der Waals surface area contributed by atoms with Gasteiger partial charge in [0.25, 0.3) is 0 Å². The summed E-state index contributed by atoms with van der Waals surface area (Å²) in [6.45, 7) is 1.62. The van der Waals surface area contributed by atoms with Gasteiger partial charge in [-0.15, -0.1) is 0 Å². The highest BCUT2D eigenvalue weighted by atomic mass is 19.1. The number of rotatable bonds is 5. The Morgan fingerprint density at radius 1 is 1.44 bits per heavy atom. The van der Waals surface area contributed by atoms with Crippen molar-refractivity contribution in [1.82, 2.24) is 0 Å². The molecule has 0 aliphatic carbocycles. The molecule has 0 saturated heterocycles. The minimum Gasteiger partial charge on any atom is -0.494 e. The lowest BCUT2D eigenvalue weighted by molar-refractivity contribution is -0.137. The van der Waals surface area contributed by atoms with E-state index in [0.717, 1.165) is 12.1 Å². The zero-order chi connectivity index (χ0) is 13.9. The monoisotopic (exact) mass is 259 g/mol. The molecular formula is C12H15F2NO3. The molecule has 0 saturated carbocycles. The number of halogens is 2. The summed E-state index contributed by atoms with van der Waals surface area (Å²) in [6, 6.07) is 1.48. The van der Waals surface area contributed by atoms with Crippen LogP contribution < -0.4 is 9.64 Å². The molecule has 1 aromatic rings. The first-order valence-corrected chi connectivity index (χ1v) is 5.34. The van der Waals surface area contributed by atoms with Gasteiger partial charge >= 0.3 is 5.97 Å². The highest BCUT2D eigenvalue weighted by Crippen LogP contribution is 2.28. The fraction of sp³-hybridized carbons (Fsp3) is 0.417. The van der Waals surface area contributed by atoms with Gasteiger partial charge in [0.05, 0.1) is 19.2 Å². The summed E-state index contributed by atoms with van der Waals surface area (Å²) in [7, 11) is 2.76. The molecule has 0 aliphatic rings. The molecule has 0 aromatic heterocycles. The maximum atomic E-state index is 13.7. The van der Waals surface area contributed by atoms with Crippen LogP contribution in [0.3, 0.4) is 0 Å². The van der Waals surface area contributed by atoms with Crippen LogP contribution in [0.15, 0.2) is 12.1 Å². The molecule has 18 heavy (non-hydrogen) atoms. The molecule has 1 unspecified atom stereocenters. The Kier molecular flexibility index (Phi) is 4.47. The van der Waals surface area contributed by atoms with Crippen molar-refractivity contribution in [2.24, 2.45) is 0 Å². The van der Waals surface area contributed by atoms with Crippen LogP contribution in [0.1, 0.15) is 13.3 Å². The first-order valence-electron chi connectivity index (χ1n) is 5.34. The first kappa shape index (κ1) is 14.2. The van der Waals surface area contributed by atoms with Crippen molar-refractivity contribution in [3.8, 4) is 5.75 Å². The minimum atomic E-state index is -0.997. The average Bonchev–Trinajstić information content (AvgIpc) is 2.29. The zero-order valence-electron chi connectivity index (χ0n) is 10.4. The molecule has 0 radical (unpaired) electrons. The second-order valence-corrected chi connectivity index (χ2v) is 4.00. The molecule has 4 nitrogen and oxygen atoms in total. The highest BCUT2D eigenvalue weighted by Gasteiger charge is 2.19. The predicted molar refractivity (Wildman–Crippen MR) is 63.0 cm³/mol. The van der Waals surface area contributed by atoms with Gasteiger partial charge in [0, 0.05) is 25.2 Å². The van der Waals surface area contributed by atoms with Crippen molar-refractivity contribution in [2.45, 2.75) is 19.4 Å². The van der Waals surface area contributed by atoms with E-state index in [0.29, 0.717) is 0 Å². The van der Waals surface area contributed by atoms with E-state index >= 15 is 0 Å². The largest absolute Gasteiger partial charge is 0.494 e. The number of carboxylic acids is 1. The van der Waals surface area contributed by atoms with E-state index in [4.69, 9.17) is 5.11 Å². The van der Waals surface area contributed by atoms with Crippen molar-refractivity contribution < 1.29 is 23.4 Å². The molecule has 1 N–H and O–H groups in total. The lowest BCUT2D eigenvalue weighted by Gasteiger charge is -2.26. The smallest absolute Gasteiger partial charge is 0.305 e. The Labute approximate surface area is 104 Å². The van der Waals surface area contributed by atoms with Crippen molar-refractivity contribution >= 4 is 11.7 Å². The lowest BCUT2D eigenvalue weighted by Crippen LogP contribution is -2.31. The Morgan fingerprint density at radius 3 is 2.56 bits per heavy atom. The number of ether oxygens (including phenoxy) is 1. The van der Waals surface area contributed by atoms with Crippen LogP contribution in [0, 0.1) is 11.6 Å². The summed E-state index contributed by atoms with van der Waals surface area (Å²) in [6.07, 6.45) is -0.163. The molecule has 0 fully saturated rings. The van der Waals surface area contributed by atoms with Crippen molar-refractivity contribution in [3.05, 3.63) is 23.8 Å². The SMILES string of the molecule is COc1cc(F)c(N(C)C(C)CC(=O)O)cc1F. The van der Waals surface area contributed by atoms with Crippen LogP contribution in [-0.4, -0.2) is 31.3 Å². The van der Waals surface area contributed by atoms with Crippen molar-refractivity contribution in [2.75, 3.05) is 19.1 Å². The number of hydrogen-bond acceptors (Lipinski definition) is 3. The van der Waals surface area contributed by atoms with Gasteiger partial charge in [-0.1, -0.05) is 0 Å². The van der Waals surface area contributed by atoms with Gasteiger partial charge < -0.3 is 14.7 Å². The summed E-state index contributed by atoms with van der Waals surface area (Å²) in [5.41, 5.74) is 0.00190. The Hall–Kier alpha value is -1.85. The van der Waals surface area contributed by atoms with E-state index in [1.807, 2.05) is 0 Å². The van der Waals surface area contributed by atoms with E-state index in [2.05, 4.69) is 4.74 Å². The predicted octanol–water partition coefficient (Wildman–Crippen LogP) is 2.27. The van der Waals surface area contributed by atoms with Crippen LogP contribution >= 0.6 is 0 Å². The molecule has 0 aliphatic heterocycles. The van der Waals surface area contributed by atoms with Crippen molar-refractivity contribution in [1.29, 1.82) is 0 Å². The number of aliphatic carboxylic acids is 1. The van der Waals surface area contributed by atoms with Gasteiger partial charge in [0.2, 0.25) is 0 Å². The minimum absolute atomic E-state index is 0.00190. The highest BCUT2D eigenvalue weighted by molar-refractivity contribution is 5.68. The van der Waals surface area contributed by atoms with E-state index in [9.17, 15) is 13.6 Å². The number of methoxy groups -OCH3 is 1. The Balaban J connectivity index is 3.02. The zero-order valence-corrected chi connectivity index (χ0v) is 10.4. The van der Waals surface area contributed by atoms with Crippen LogP contribution in [0.5, 0.6) is 5.75 Å².